The first kappa shape index (κ1) is 12.9. The van der Waals surface area contributed by atoms with Crippen LogP contribution in [0.2, 0.25) is 0 Å². The van der Waals surface area contributed by atoms with Gasteiger partial charge in [0.1, 0.15) is 5.97 Å². The molecule has 0 spiro atoms. The topological polar surface area (TPSA) is 91.9 Å². The van der Waals surface area contributed by atoms with Gasteiger partial charge in [-0.05, 0) is 12.2 Å². The highest BCUT2D eigenvalue weighted by molar-refractivity contribution is 7.71. The van der Waals surface area contributed by atoms with Gasteiger partial charge in [0.2, 0.25) is 0 Å². The number of carboxylic acids is 1. The first-order valence-corrected chi connectivity index (χ1v) is 5.12. The second kappa shape index (κ2) is 4.36. The molecule has 3 N–H and O–H groups in total. The third kappa shape index (κ3) is 2.69. The van der Waals surface area contributed by atoms with E-state index >= 15 is 0 Å². The van der Waals surface area contributed by atoms with E-state index in [1.165, 1.54) is 6.20 Å². The number of aromatic nitrogens is 2. The minimum atomic E-state index is -1.31. The molecule has 0 unspecified atom stereocenters. The predicted octanol–water partition coefficient (Wildman–Crippen LogP) is -1.07. The Morgan fingerprint density at radius 3 is 2.44 bits per heavy atom. The number of nitrogens with one attached hydrogen (secondary N) is 2. The van der Waals surface area contributed by atoms with E-state index in [0.29, 0.717) is 10.5 Å². The van der Waals surface area contributed by atoms with E-state index in [9.17, 15) is 15.0 Å². The minimum absolute atomic E-state index is 0.0509. The van der Waals surface area contributed by atoms with Crippen molar-refractivity contribution in [3.05, 3.63) is 16.7 Å². The number of aliphatic hydroxyl groups excluding tert-OH is 1. The summed E-state index contributed by atoms with van der Waals surface area (Å²) >= 11 is 4.81. The maximum atomic E-state index is 11.0. The number of H-pyrrole nitrogens is 2. The molecule has 90 valence electrons. The molecule has 6 nitrogen and oxygen atoms in total. The largest absolute Gasteiger partial charge is 0.544 e. The minimum Gasteiger partial charge on any atom is -0.544 e. The van der Waals surface area contributed by atoms with Gasteiger partial charge in [-0.15, -0.1) is 0 Å². The molecule has 1 rings (SSSR count). The summed E-state index contributed by atoms with van der Waals surface area (Å²) in [6.45, 7) is 0. The number of quaternary nitrogens is 1. The summed E-state index contributed by atoms with van der Waals surface area (Å²) < 4.78 is 0.391. The van der Waals surface area contributed by atoms with Crippen LogP contribution < -0.4 is 5.11 Å². The number of nitrogens with zero attached hydrogens (tertiary/aromatic N) is 1. The molecule has 16 heavy (non-hydrogen) atoms. The van der Waals surface area contributed by atoms with Crippen LogP contribution in [0.15, 0.2) is 6.20 Å². The number of hydrogen-bond acceptors (Lipinski definition) is 4. The van der Waals surface area contributed by atoms with Crippen molar-refractivity contribution in [1.29, 1.82) is 0 Å². The molecule has 1 aromatic heterocycles. The van der Waals surface area contributed by atoms with E-state index in [1.54, 1.807) is 21.1 Å². The Labute approximate surface area is 98.1 Å². The Morgan fingerprint density at radius 1 is 1.56 bits per heavy atom. The molecule has 0 aromatic carbocycles. The molecule has 0 radical (unpaired) electrons. The third-order valence-electron chi connectivity index (χ3n) is 2.31. The molecule has 0 fully saturated rings. The molecule has 0 aliphatic heterocycles. The molecule has 0 aliphatic carbocycles. The van der Waals surface area contributed by atoms with Crippen LogP contribution in [0.25, 0.3) is 0 Å². The number of carboxylic acid groups (broad SMARTS) is 1. The summed E-state index contributed by atoms with van der Waals surface area (Å²) in [5.74, 6) is -1.31. The van der Waals surface area contributed by atoms with E-state index in [2.05, 4.69) is 9.97 Å². The molecule has 1 heterocycles. The molecule has 0 aliphatic rings. The van der Waals surface area contributed by atoms with Gasteiger partial charge in [0.05, 0.1) is 26.8 Å². The van der Waals surface area contributed by atoms with Crippen molar-refractivity contribution in [3.63, 3.8) is 0 Å². The van der Waals surface area contributed by atoms with Gasteiger partial charge in [-0.3, -0.25) is 0 Å². The number of imidazole rings is 1. The van der Waals surface area contributed by atoms with Crippen molar-refractivity contribution in [2.75, 3.05) is 21.1 Å². The van der Waals surface area contributed by atoms with E-state index in [4.69, 9.17) is 12.2 Å². The molecule has 7 heteroatoms. The predicted molar refractivity (Wildman–Crippen MR) is 57.8 cm³/mol. The van der Waals surface area contributed by atoms with Gasteiger partial charge in [-0.2, -0.15) is 0 Å². The zero-order chi connectivity index (χ0) is 12.5. The van der Waals surface area contributed by atoms with E-state index in [1.807, 2.05) is 0 Å². The average Bonchev–Trinajstić information content (AvgIpc) is 2.48. The number of likely N-dealkylation sites (N-methyl/N-ethyl adjacent to an activating group) is 1. The SMILES string of the molecule is C[N+](C)(C)[C@@H](C(=O)[O-])[C@H](O)c1c[nH]c(=S)[nH]1. The highest BCUT2D eigenvalue weighted by Crippen LogP contribution is 2.20. The molecule has 0 bridgehead atoms. The Balaban J connectivity index is 3.05. The monoisotopic (exact) mass is 245 g/mol. The van der Waals surface area contributed by atoms with Crippen LogP contribution in [0.5, 0.6) is 0 Å². The molecule has 2 atom stereocenters. The van der Waals surface area contributed by atoms with Crippen LogP contribution in [0, 0.1) is 4.77 Å². The summed E-state index contributed by atoms with van der Waals surface area (Å²) in [5, 5.41) is 21.0. The maximum absolute atomic E-state index is 11.0. The first-order valence-electron chi connectivity index (χ1n) is 4.71. The zero-order valence-corrected chi connectivity index (χ0v) is 10.2. The fourth-order valence-corrected chi connectivity index (χ4v) is 1.72. The Morgan fingerprint density at radius 2 is 2.12 bits per heavy atom. The van der Waals surface area contributed by atoms with Crippen LogP contribution in [0.4, 0.5) is 0 Å². The number of rotatable bonds is 4. The molecule has 0 saturated carbocycles. The summed E-state index contributed by atoms with van der Waals surface area (Å²) in [5.41, 5.74) is 0.340. The quantitative estimate of drug-likeness (QED) is 0.465. The lowest BCUT2D eigenvalue weighted by molar-refractivity contribution is -0.893. The highest BCUT2D eigenvalue weighted by Gasteiger charge is 2.34. The van der Waals surface area contributed by atoms with E-state index in [-0.39, 0.29) is 4.48 Å². The lowest BCUT2D eigenvalue weighted by atomic mass is 10.1. The summed E-state index contributed by atoms with van der Waals surface area (Å²) in [6, 6.07) is -1.07. The molecular weight excluding hydrogens is 230 g/mol. The molecule has 0 amide bonds. The molecule has 0 saturated heterocycles. The number of aliphatic hydroxyl groups is 1. The van der Waals surface area contributed by atoms with Gasteiger partial charge >= 0.3 is 0 Å². The fourth-order valence-electron chi connectivity index (χ4n) is 1.54. The van der Waals surface area contributed by atoms with Crippen LogP contribution in [-0.4, -0.2) is 52.7 Å². The van der Waals surface area contributed by atoms with E-state index in [0.717, 1.165) is 0 Å². The molecule has 1 aromatic rings. The standard InChI is InChI=1S/C9H15N3O3S/c1-12(2,3)6(8(14)15)7(13)5-4-10-9(16)11-5/h4,6-7,13H,1-3H3,(H2-,10,11,14,15,16)/t6-,7-/m1/s1. The number of carbonyl (C=O) groups excluding carboxylic acids is 1. The number of carbonyl (C=O) groups is 1. The number of aromatic amines is 2. The maximum Gasteiger partial charge on any atom is 0.174 e. The Kier molecular flexibility index (Phi) is 3.51. The van der Waals surface area contributed by atoms with Gasteiger partial charge in [0.25, 0.3) is 0 Å². The van der Waals surface area contributed by atoms with Crippen LogP contribution in [-0.2, 0) is 4.79 Å². The smallest absolute Gasteiger partial charge is 0.174 e. The highest BCUT2D eigenvalue weighted by atomic mass is 32.1. The lowest BCUT2D eigenvalue weighted by Crippen LogP contribution is -2.57. The fraction of sp³-hybridized carbons (Fsp3) is 0.556. The van der Waals surface area contributed by atoms with Gasteiger partial charge in [0, 0.05) is 6.20 Å². The van der Waals surface area contributed by atoms with Crippen molar-refractivity contribution in [2.24, 2.45) is 0 Å². The van der Waals surface area contributed by atoms with Gasteiger partial charge in [-0.1, -0.05) is 0 Å². The van der Waals surface area contributed by atoms with Crippen molar-refractivity contribution < 1.29 is 19.5 Å². The van der Waals surface area contributed by atoms with Gasteiger partial charge in [-0.25, -0.2) is 0 Å². The average molecular weight is 245 g/mol. The van der Waals surface area contributed by atoms with Gasteiger partial charge < -0.3 is 29.5 Å². The van der Waals surface area contributed by atoms with E-state index < -0.39 is 18.1 Å². The second-order valence-corrected chi connectivity index (χ2v) is 4.93. The lowest BCUT2D eigenvalue weighted by Gasteiger charge is -2.37. The normalized spacial score (nSPS) is 15.8. The second-order valence-electron chi connectivity index (χ2n) is 4.52. The van der Waals surface area contributed by atoms with Crippen LogP contribution >= 0.6 is 12.2 Å². The van der Waals surface area contributed by atoms with Crippen LogP contribution in [0.1, 0.15) is 11.8 Å². The first-order chi connectivity index (χ1) is 7.23. The van der Waals surface area contributed by atoms with Gasteiger partial charge in [0.15, 0.2) is 16.9 Å². The molecular formula is C9H15N3O3S. The van der Waals surface area contributed by atoms with Crippen molar-refractivity contribution in [1.82, 2.24) is 9.97 Å². The number of hydrogen-bond donors (Lipinski definition) is 3. The third-order valence-corrected chi connectivity index (χ3v) is 2.53. The van der Waals surface area contributed by atoms with Crippen molar-refractivity contribution in [2.45, 2.75) is 12.1 Å². The van der Waals surface area contributed by atoms with Crippen molar-refractivity contribution in [3.8, 4) is 0 Å². The Bertz CT molecular complexity index is 432. The Hall–Kier alpha value is -1.18. The van der Waals surface area contributed by atoms with Crippen LogP contribution in [0.3, 0.4) is 0 Å². The summed E-state index contributed by atoms with van der Waals surface area (Å²) in [6.07, 6.45) is 0.261. The summed E-state index contributed by atoms with van der Waals surface area (Å²) in [7, 11) is 5.01. The zero-order valence-electron chi connectivity index (χ0n) is 9.35. The number of aliphatic carboxylic acids is 1. The summed E-state index contributed by atoms with van der Waals surface area (Å²) in [4.78, 5) is 16.4. The van der Waals surface area contributed by atoms with Crippen molar-refractivity contribution >= 4 is 18.2 Å².